The molecular weight excluding hydrogens is 654 g/mol. The molecule has 1 rings (SSSR count). The molecule has 0 aliphatic heterocycles. The molecule has 0 spiro atoms. The van der Waals surface area contributed by atoms with Crippen LogP contribution in [0, 0.1) is 18.8 Å². The fourth-order valence-corrected chi connectivity index (χ4v) is 5.00. The third-order valence-electron chi connectivity index (χ3n) is 8.44. The van der Waals surface area contributed by atoms with Gasteiger partial charge in [0.25, 0.3) is 11.8 Å². The second-order valence-electron chi connectivity index (χ2n) is 12.4. The number of hydrogen-bond donors (Lipinski definition) is 7. The van der Waals surface area contributed by atoms with Crippen LogP contribution in [0.2, 0.25) is 0 Å². The lowest BCUT2D eigenvalue weighted by Crippen LogP contribution is -2.57. The summed E-state index contributed by atoms with van der Waals surface area (Å²) in [5.74, 6) is -7.77. The van der Waals surface area contributed by atoms with Crippen molar-refractivity contribution in [2.45, 2.75) is 131 Å². The highest BCUT2D eigenvalue weighted by Gasteiger charge is 2.36. The summed E-state index contributed by atoms with van der Waals surface area (Å²) in [6.07, 6.45) is 2.63. The zero-order valence-electron chi connectivity index (χ0n) is 30.3. The highest BCUT2D eigenvalue weighted by Crippen LogP contribution is 2.15. The summed E-state index contributed by atoms with van der Waals surface area (Å²) < 4.78 is 1.64. The smallest absolute Gasteiger partial charge is 0.260 e. The molecule has 0 aliphatic rings. The highest BCUT2D eigenvalue weighted by molar-refractivity contribution is 6.01. The second kappa shape index (κ2) is 21.9. The number of aromatic hydroxyl groups is 1. The number of carbonyl (C=O) groups is 5. The van der Waals surface area contributed by atoms with Gasteiger partial charge in [-0.3, -0.25) is 49.7 Å². The number of unbranched alkanes of at least 4 members (excludes halogenated alkanes) is 3. The number of hydroxylamine groups is 6. The van der Waals surface area contributed by atoms with Crippen LogP contribution < -0.4 is 21.4 Å². The molecule has 0 aliphatic carbocycles. The molecule has 284 valence electrons. The number of carbonyl (C=O) groups excluding carboxylic acids is 5. The Morgan fingerprint density at radius 1 is 0.760 bits per heavy atom. The van der Waals surface area contributed by atoms with Gasteiger partial charge in [0.15, 0.2) is 5.75 Å². The predicted octanol–water partition coefficient (Wildman–Crippen LogP) is 2.18. The van der Waals surface area contributed by atoms with Crippen LogP contribution in [0.15, 0.2) is 17.1 Å². The van der Waals surface area contributed by atoms with Crippen LogP contribution in [0.3, 0.4) is 0 Å². The molecule has 0 bridgehead atoms. The first kappa shape index (κ1) is 44.0. The topological polar surface area (TPSA) is 234 Å². The van der Waals surface area contributed by atoms with Gasteiger partial charge in [-0.1, -0.05) is 46.5 Å². The predicted molar refractivity (Wildman–Crippen MR) is 181 cm³/mol. The van der Waals surface area contributed by atoms with E-state index in [9.17, 15) is 49.5 Å². The van der Waals surface area contributed by atoms with Gasteiger partial charge in [-0.2, -0.15) is 0 Å². The van der Waals surface area contributed by atoms with Crippen LogP contribution in [0.1, 0.15) is 105 Å². The van der Waals surface area contributed by atoms with Crippen molar-refractivity contribution in [2.24, 2.45) is 11.8 Å². The molecule has 0 saturated carbocycles. The van der Waals surface area contributed by atoms with Gasteiger partial charge in [-0.15, -0.1) is 0 Å². The van der Waals surface area contributed by atoms with Gasteiger partial charge < -0.3 is 20.3 Å². The van der Waals surface area contributed by atoms with Gasteiger partial charge in [-0.25, -0.2) is 15.2 Å². The molecule has 1 aromatic rings. The van der Waals surface area contributed by atoms with E-state index in [-0.39, 0.29) is 30.2 Å². The van der Waals surface area contributed by atoms with Crippen molar-refractivity contribution in [3.63, 3.8) is 0 Å². The second-order valence-corrected chi connectivity index (χ2v) is 12.4. The van der Waals surface area contributed by atoms with E-state index in [0.29, 0.717) is 60.9 Å². The van der Waals surface area contributed by atoms with E-state index < -0.39 is 65.3 Å². The Kier molecular flexibility index (Phi) is 19.3. The summed E-state index contributed by atoms with van der Waals surface area (Å²) in [5, 5.41) is 50.9. The normalized spacial score (nSPS) is 14.1. The lowest BCUT2D eigenvalue weighted by atomic mass is 10.1. The summed E-state index contributed by atoms with van der Waals surface area (Å²) in [6, 6.07) is 1.23. The molecule has 0 aromatic carbocycles. The third kappa shape index (κ3) is 13.0. The largest absolute Gasteiger partial charge is 0.503 e. The first-order chi connectivity index (χ1) is 23.5. The molecule has 5 amide bonds. The summed E-state index contributed by atoms with van der Waals surface area (Å²) in [6.45, 7) is 11.4. The highest BCUT2D eigenvalue weighted by atomic mass is 16.5. The van der Waals surface area contributed by atoms with Gasteiger partial charge in [0.05, 0.1) is 5.69 Å². The Hall–Kier alpha value is -4.06. The molecule has 50 heavy (non-hydrogen) atoms. The molecule has 5 atom stereocenters. The SMILES string of the molecule is CCCCC(NC(=O)C(C)C(=O)N(O)C(CCCC)NC(=O)C(C)C(=O)N(O)C(CCCC)NCCn1ccc(=O)c(O)c1C)N(O)C(C)=O. The van der Waals surface area contributed by atoms with Crippen LogP contribution in [0.4, 0.5) is 0 Å². The van der Waals surface area contributed by atoms with Gasteiger partial charge in [0.1, 0.15) is 30.3 Å². The number of amides is 5. The van der Waals surface area contributed by atoms with Gasteiger partial charge >= 0.3 is 0 Å². The van der Waals surface area contributed by atoms with Crippen molar-refractivity contribution in [2.75, 3.05) is 6.54 Å². The quantitative estimate of drug-likeness (QED) is 0.0399. The summed E-state index contributed by atoms with van der Waals surface area (Å²) in [7, 11) is 0. The van der Waals surface area contributed by atoms with Gasteiger partial charge in [0.2, 0.25) is 23.2 Å². The maximum atomic E-state index is 13.3. The van der Waals surface area contributed by atoms with Gasteiger partial charge in [-0.05, 0) is 52.9 Å². The minimum Gasteiger partial charge on any atom is -0.503 e. The van der Waals surface area contributed by atoms with Crippen LogP contribution >= 0.6 is 0 Å². The minimum atomic E-state index is -1.48. The number of aromatic nitrogens is 1. The molecule has 0 fully saturated rings. The lowest BCUT2D eigenvalue weighted by Gasteiger charge is -2.32. The summed E-state index contributed by atoms with van der Waals surface area (Å²) >= 11 is 0. The molecule has 1 heterocycles. The molecular formula is C33H57N7O10. The Balaban J connectivity index is 3.02. The van der Waals surface area contributed by atoms with E-state index >= 15 is 0 Å². The van der Waals surface area contributed by atoms with Crippen molar-refractivity contribution in [3.8, 4) is 5.75 Å². The van der Waals surface area contributed by atoms with E-state index in [1.807, 2.05) is 20.8 Å². The number of nitrogens with one attached hydrogen (secondary N) is 3. The first-order valence-electron chi connectivity index (χ1n) is 17.3. The molecule has 7 N–H and O–H groups in total. The average molecular weight is 712 g/mol. The van der Waals surface area contributed by atoms with Gasteiger partial charge in [0, 0.05) is 32.3 Å². The van der Waals surface area contributed by atoms with E-state index in [0.717, 1.165) is 13.3 Å². The summed E-state index contributed by atoms with van der Waals surface area (Å²) in [4.78, 5) is 76.1. The van der Waals surface area contributed by atoms with Crippen molar-refractivity contribution in [3.05, 3.63) is 28.2 Å². The lowest BCUT2D eigenvalue weighted by molar-refractivity contribution is -0.189. The van der Waals surface area contributed by atoms with E-state index in [1.54, 1.807) is 11.5 Å². The molecule has 0 saturated heterocycles. The van der Waals surface area contributed by atoms with E-state index in [4.69, 9.17) is 0 Å². The average Bonchev–Trinajstić information content (AvgIpc) is 3.10. The molecule has 17 heteroatoms. The zero-order chi connectivity index (χ0) is 38.1. The first-order valence-corrected chi connectivity index (χ1v) is 17.3. The van der Waals surface area contributed by atoms with Crippen LogP contribution in [-0.2, 0) is 30.5 Å². The Labute approximate surface area is 293 Å². The molecule has 0 radical (unpaired) electrons. The fraction of sp³-hybridized carbons (Fsp3) is 0.697. The van der Waals surface area contributed by atoms with Crippen molar-refractivity contribution in [1.29, 1.82) is 0 Å². The van der Waals surface area contributed by atoms with E-state index in [2.05, 4.69) is 16.0 Å². The van der Waals surface area contributed by atoms with Crippen molar-refractivity contribution in [1.82, 2.24) is 35.7 Å². The van der Waals surface area contributed by atoms with Crippen molar-refractivity contribution >= 4 is 29.5 Å². The maximum absolute atomic E-state index is 13.3. The minimum absolute atomic E-state index is 0.0804. The number of nitrogens with zero attached hydrogens (tertiary/aromatic N) is 4. The van der Waals surface area contributed by atoms with Crippen LogP contribution in [0.25, 0.3) is 0 Å². The molecule has 5 unspecified atom stereocenters. The summed E-state index contributed by atoms with van der Waals surface area (Å²) in [5.41, 5.74) is -0.148. The number of pyridine rings is 1. The number of hydrogen-bond acceptors (Lipinski definition) is 11. The van der Waals surface area contributed by atoms with Crippen molar-refractivity contribution < 1.29 is 44.7 Å². The monoisotopic (exact) mass is 711 g/mol. The van der Waals surface area contributed by atoms with E-state index in [1.165, 1.54) is 26.1 Å². The zero-order valence-corrected chi connectivity index (χ0v) is 30.3. The Morgan fingerprint density at radius 3 is 1.62 bits per heavy atom. The molecule has 1 aromatic heterocycles. The molecule has 17 nitrogen and oxygen atoms in total. The standard InChI is InChI=1S/C33H57N7O10/c1-8-11-14-26(34-18-20-37-19-17-25(42)29(43)23(37)6)39(49)32(46)21(4)31(45)36-28(16-13-10-3)40(50)33(47)22(5)30(44)35-27(15-12-9-2)38(48)24(7)41/h17,19,21-22,26-28,34,43,48-50H,8-16,18,20H2,1-7H3,(H,35,44)(H,36,45). The van der Waals surface area contributed by atoms with Crippen LogP contribution in [-0.4, -0.2) is 95.1 Å². The Morgan fingerprint density at radius 2 is 1.18 bits per heavy atom. The van der Waals surface area contributed by atoms with Crippen LogP contribution in [0.5, 0.6) is 5.75 Å². The number of rotatable bonds is 22. The fourth-order valence-electron chi connectivity index (χ4n) is 5.00. The Bertz CT molecular complexity index is 1340. The third-order valence-corrected chi connectivity index (χ3v) is 8.44. The maximum Gasteiger partial charge on any atom is 0.260 e.